The van der Waals surface area contributed by atoms with E-state index in [9.17, 15) is 0 Å². The van der Waals surface area contributed by atoms with Gasteiger partial charge in [-0.15, -0.1) is 0 Å². The molecule has 0 aromatic rings. The zero-order valence-electron chi connectivity index (χ0n) is 7.37. The fourth-order valence-corrected chi connectivity index (χ4v) is 8.55. The van der Waals surface area contributed by atoms with E-state index < -0.39 is 34.6 Å². The van der Waals surface area contributed by atoms with Crippen molar-refractivity contribution in [2.45, 2.75) is 5.71 Å². The molecule has 0 aliphatic heterocycles. The van der Waals surface area contributed by atoms with Crippen LogP contribution in [0.3, 0.4) is 0 Å². The molecule has 0 aromatic carbocycles. The fraction of sp³-hybridized carbons (Fsp3) is 0.273. The number of hydrogen-bond acceptors (Lipinski definition) is 0. The summed E-state index contributed by atoms with van der Waals surface area (Å²) in [6, 6.07) is 0. The van der Waals surface area contributed by atoms with Gasteiger partial charge in [-0.25, -0.2) is 0 Å². The van der Waals surface area contributed by atoms with Crippen LogP contribution in [0.2, 0.25) is 5.71 Å². The molecule has 0 N–H and O–H groups in total. The molecule has 0 aromatic heterocycles. The van der Waals surface area contributed by atoms with E-state index >= 15 is 0 Å². The topological polar surface area (TPSA) is 0 Å². The van der Waals surface area contributed by atoms with Gasteiger partial charge in [0, 0.05) is 0 Å². The second-order valence-electron chi connectivity index (χ2n) is 2.94. The molecule has 0 spiro atoms. The molecule has 0 amide bonds. The van der Waals surface area contributed by atoms with Crippen molar-refractivity contribution in [3.63, 3.8) is 0 Å². The molecule has 12 heavy (non-hydrogen) atoms. The summed E-state index contributed by atoms with van der Waals surface area (Å²) in [5, 5.41) is 0. The predicted octanol–water partition coefficient (Wildman–Crippen LogP) is 3.73. The SMILES string of the molecule is C=C[CH2][Nd]([CH2]C=C)[CH]1C=CC=C1. The average Bonchev–Trinajstić information content (AvgIpc) is 2.56. The van der Waals surface area contributed by atoms with Gasteiger partial charge < -0.3 is 0 Å². The van der Waals surface area contributed by atoms with Gasteiger partial charge in [-0.2, -0.15) is 0 Å². The summed E-state index contributed by atoms with van der Waals surface area (Å²) in [6.45, 7) is 7.65. The number of rotatable bonds is 5. The molecule has 0 atom stereocenters. The maximum atomic E-state index is 3.82. The normalized spacial score (nSPS) is 15.0. The molecule has 1 aliphatic rings. The Morgan fingerprint density at radius 2 is 1.58 bits per heavy atom. The summed E-state index contributed by atoms with van der Waals surface area (Å²) >= 11 is -1.42. The Kier molecular flexibility index (Phi) is 5.08. The number of hydrogen-bond donors (Lipinski definition) is 0. The summed E-state index contributed by atoms with van der Waals surface area (Å²) in [7, 11) is 0. The molecule has 1 heteroatoms. The van der Waals surface area contributed by atoms with Crippen molar-refractivity contribution in [2.75, 3.05) is 0 Å². The van der Waals surface area contributed by atoms with Crippen LogP contribution >= 0.6 is 0 Å². The molecule has 0 nitrogen and oxygen atoms in total. The van der Waals surface area contributed by atoms with Crippen LogP contribution in [0.5, 0.6) is 0 Å². The van der Waals surface area contributed by atoms with Gasteiger partial charge in [0.2, 0.25) is 0 Å². The first-order valence-corrected chi connectivity index (χ1v) is 10.7. The molecular weight excluding hydrogens is 276 g/mol. The van der Waals surface area contributed by atoms with Crippen molar-refractivity contribution >= 4 is 0 Å². The van der Waals surface area contributed by atoms with Crippen molar-refractivity contribution in [1.29, 1.82) is 0 Å². The minimum atomic E-state index is -1.42. The molecule has 0 saturated carbocycles. The molecule has 0 saturated heterocycles. The fourth-order valence-electron chi connectivity index (χ4n) is 1.43. The Bertz CT molecular complexity index is 191. The summed E-state index contributed by atoms with van der Waals surface area (Å²) in [4.78, 5) is 0. The second kappa shape index (κ2) is 5.87. The Hall–Kier alpha value is 0.311. The van der Waals surface area contributed by atoms with Gasteiger partial charge in [0.1, 0.15) is 0 Å². The monoisotopic (exact) mass is 289 g/mol. The van der Waals surface area contributed by atoms with Crippen LogP contribution in [-0.4, -0.2) is 0 Å². The van der Waals surface area contributed by atoms with Crippen LogP contribution in [0.15, 0.2) is 49.6 Å². The van der Waals surface area contributed by atoms with Gasteiger partial charge in [-0.3, -0.25) is 0 Å². The first-order valence-electron chi connectivity index (χ1n) is 4.30. The van der Waals surface area contributed by atoms with E-state index in [0.717, 1.165) is 1.57 Å². The van der Waals surface area contributed by atoms with Gasteiger partial charge in [-0.05, 0) is 0 Å². The van der Waals surface area contributed by atoms with E-state index in [-0.39, 0.29) is 0 Å². The third-order valence-electron chi connectivity index (χ3n) is 2.03. The van der Waals surface area contributed by atoms with Gasteiger partial charge in [-0.1, -0.05) is 0 Å². The zero-order valence-corrected chi connectivity index (χ0v) is 10.6. The maximum absolute atomic E-state index is 3.82. The number of allylic oxidation sites excluding steroid dienone is 6. The molecular formula is C11H15Nd. The van der Waals surface area contributed by atoms with Crippen molar-refractivity contribution in [2.24, 2.45) is 0 Å². The van der Waals surface area contributed by atoms with E-state index in [4.69, 9.17) is 0 Å². The zero-order chi connectivity index (χ0) is 8.81. The van der Waals surface area contributed by atoms with E-state index in [1.807, 2.05) is 0 Å². The second-order valence-corrected chi connectivity index (χ2v) is 11.9. The third kappa shape index (κ3) is 2.98. The van der Waals surface area contributed by atoms with Gasteiger partial charge in [0.25, 0.3) is 0 Å². The first-order chi connectivity index (χ1) is 5.88. The molecule has 63 valence electrons. The van der Waals surface area contributed by atoms with Crippen molar-refractivity contribution in [1.82, 2.24) is 0 Å². The molecule has 0 heterocycles. The van der Waals surface area contributed by atoms with Crippen LogP contribution in [0.1, 0.15) is 0 Å². The van der Waals surface area contributed by atoms with Crippen molar-refractivity contribution in [3.8, 4) is 0 Å². The Labute approximate surface area is 88.9 Å². The molecule has 0 unspecified atom stereocenters. The standard InChI is InChI=1S/C5H5.2C3H5.Nd/c1-2-4-5-3-1;2*1-3-2;/h1-5H;2*3H,1-2H2;. The van der Waals surface area contributed by atoms with Crippen molar-refractivity contribution in [3.05, 3.63) is 49.6 Å². The van der Waals surface area contributed by atoms with E-state index in [0.29, 0.717) is 0 Å². The van der Waals surface area contributed by atoms with Crippen LogP contribution < -0.4 is 0 Å². The molecule has 0 radical (unpaired) electrons. The molecule has 0 fully saturated rings. The van der Waals surface area contributed by atoms with Gasteiger partial charge in [0.15, 0.2) is 0 Å². The van der Waals surface area contributed by atoms with Crippen LogP contribution in [0.25, 0.3) is 0 Å². The van der Waals surface area contributed by atoms with E-state index in [1.165, 1.54) is 4.14 Å². The summed E-state index contributed by atoms with van der Waals surface area (Å²) < 4.78 is 3.39. The first kappa shape index (κ1) is 10.4. The van der Waals surface area contributed by atoms with Crippen LogP contribution in [-0.2, 0) is 0 Å². The summed E-state index contributed by atoms with van der Waals surface area (Å²) in [6.07, 6.45) is 13.2. The molecule has 0 bridgehead atoms. The third-order valence-corrected chi connectivity index (χ3v) is 11.5. The van der Waals surface area contributed by atoms with Gasteiger partial charge in [0.05, 0.1) is 0 Å². The minimum absolute atomic E-state index is 0.811. The molecule has 1 aliphatic carbocycles. The Morgan fingerprint density at radius 3 is 2.00 bits per heavy atom. The molecule has 1 rings (SSSR count). The van der Waals surface area contributed by atoms with E-state index in [2.05, 4.69) is 49.6 Å². The quantitative estimate of drug-likeness (QED) is 0.677. The summed E-state index contributed by atoms with van der Waals surface area (Å²) in [5.74, 6) is 0. The average molecular weight is 291 g/mol. The Balaban J connectivity index is 2.51. The van der Waals surface area contributed by atoms with Gasteiger partial charge >= 0.3 is 90.0 Å². The van der Waals surface area contributed by atoms with Crippen molar-refractivity contribution < 1.29 is 34.6 Å². The summed E-state index contributed by atoms with van der Waals surface area (Å²) in [5.41, 5.74) is 0. The van der Waals surface area contributed by atoms with Crippen LogP contribution in [0.4, 0.5) is 0 Å². The van der Waals surface area contributed by atoms with E-state index in [1.54, 1.807) is 0 Å². The predicted molar refractivity (Wildman–Crippen MR) is 52.0 cm³/mol. The van der Waals surface area contributed by atoms with Crippen LogP contribution in [0, 0.1) is 34.6 Å². The Morgan fingerprint density at radius 1 is 1.08 bits per heavy atom.